The maximum Gasteiger partial charge on any atom is 0.427 e. The molecule has 3 fully saturated rings. The first kappa shape index (κ1) is 42.9. The highest BCUT2D eigenvalue weighted by molar-refractivity contribution is 7.91. The number of halogens is 3. The normalized spacial score (nSPS) is 30.2. The van der Waals surface area contributed by atoms with Crippen LogP contribution in [0.15, 0.2) is 36.5 Å². The molecule has 0 spiro atoms. The molecule has 16 heteroatoms. The summed E-state index contributed by atoms with van der Waals surface area (Å²) >= 11 is 0. The number of sulfonamides is 1. The van der Waals surface area contributed by atoms with E-state index in [4.69, 9.17) is 14.2 Å². The first-order chi connectivity index (χ1) is 27.7. The zero-order chi connectivity index (χ0) is 42.7. The number of allylic oxidation sites excluding steroid dienone is 2. The Morgan fingerprint density at radius 2 is 1.85 bits per heavy atom. The second-order valence-corrected chi connectivity index (χ2v) is 20.3. The van der Waals surface area contributed by atoms with Crippen molar-refractivity contribution < 1.29 is 55.0 Å². The molecule has 1 aromatic heterocycles. The summed E-state index contributed by atoms with van der Waals surface area (Å²) in [5, 5.41) is 1.46. The van der Waals surface area contributed by atoms with E-state index in [2.05, 4.69) is 9.71 Å². The molecule has 2 aliphatic carbocycles. The molecule has 1 aromatic carbocycles. The number of pyridine rings is 1. The zero-order valence-electron chi connectivity index (χ0n) is 34.2. The third-order valence-electron chi connectivity index (χ3n) is 13.4. The van der Waals surface area contributed by atoms with Crippen LogP contribution in [0, 0.1) is 29.1 Å². The van der Waals surface area contributed by atoms with E-state index in [1.165, 1.54) is 4.90 Å². The van der Waals surface area contributed by atoms with Crippen LogP contribution in [-0.2, 0) is 40.4 Å². The number of carbonyl (C=O) groups excluding carboxylic acids is 4. The predicted octanol–water partition coefficient (Wildman–Crippen LogP) is 6.77. The van der Waals surface area contributed by atoms with Crippen molar-refractivity contribution in [3.63, 3.8) is 0 Å². The van der Waals surface area contributed by atoms with Crippen molar-refractivity contribution in [2.24, 2.45) is 29.1 Å². The summed E-state index contributed by atoms with van der Waals surface area (Å²) in [6, 6.07) is 4.48. The second-order valence-electron chi connectivity index (χ2n) is 18.1. The quantitative estimate of drug-likeness (QED) is 0.211. The maximum atomic E-state index is 15.0. The van der Waals surface area contributed by atoms with Crippen molar-refractivity contribution in [3.05, 3.63) is 42.1 Å². The monoisotopic (exact) mass is 845 g/mol. The third kappa shape index (κ3) is 8.43. The minimum absolute atomic E-state index is 0.00980. The Kier molecular flexibility index (Phi) is 11.4. The second kappa shape index (κ2) is 15.7. The van der Waals surface area contributed by atoms with Crippen molar-refractivity contribution in [2.45, 2.75) is 134 Å². The number of ketones is 1. The Morgan fingerprint density at radius 3 is 2.54 bits per heavy atom. The zero-order valence-corrected chi connectivity index (χ0v) is 35.0. The summed E-state index contributed by atoms with van der Waals surface area (Å²) in [5.41, 5.74) is -3.14. The number of fused-ring (bicyclic) bond motifs is 5. The lowest BCUT2D eigenvalue weighted by Crippen LogP contribution is -2.49. The summed E-state index contributed by atoms with van der Waals surface area (Å²) in [6.07, 6.45) is 2.69. The fourth-order valence-corrected chi connectivity index (χ4v) is 10.4. The lowest BCUT2D eigenvalue weighted by atomic mass is 9.79. The molecule has 4 heterocycles. The number of carbonyl (C=O) groups is 4. The van der Waals surface area contributed by atoms with Gasteiger partial charge in [0.2, 0.25) is 33.3 Å². The number of nitrogens with one attached hydrogen (secondary N) is 1. The minimum atomic E-state index is -4.86. The summed E-state index contributed by atoms with van der Waals surface area (Å²) in [7, 11) is -4.03. The number of ether oxygens (including phenoxy) is 3. The lowest BCUT2D eigenvalue weighted by molar-refractivity contribution is -0.257. The van der Waals surface area contributed by atoms with Crippen LogP contribution in [0.2, 0.25) is 0 Å². The SMILES string of the molecule is CC[C@@H]1C[C@H](C)CC/C=C\[C@@H]2C[C@@]2(C(=O)NS(=O)(=O)C2(C)CC2)CC(=O)[C@@H]2C[C@@H](Oc3nccc4c5c(ccc34)CCO5)CN2C(=O)[C@H]1CC(=O)OC(C)(C)C(F)(F)F. The molecule has 2 amide bonds. The van der Waals surface area contributed by atoms with Gasteiger partial charge in [0.15, 0.2) is 5.78 Å². The molecule has 0 radical (unpaired) electrons. The maximum absolute atomic E-state index is 15.0. The molecule has 7 atom stereocenters. The van der Waals surface area contributed by atoms with Crippen molar-refractivity contribution in [3.8, 4) is 11.6 Å². The number of Topliss-reactive ketones (excluding diaryl/α,β-unsaturated/α-hetero) is 1. The summed E-state index contributed by atoms with van der Waals surface area (Å²) < 4.78 is 86.6. The van der Waals surface area contributed by atoms with Gasteiger partial charge in [-0.3, -0.25) is 23.9 Å². The van der Waals surface area contributed by atoms with Crippen LogP contribution in [0.3, 0.4) is 0 Å². The summed E-state index contributed by atoms with van der Waals surface area (Å²) in [4.78, 5) is 63.0. The van der Waals surface area contributed by atoms with E-state index in [0.29, 0.717) is 50.5 Å². The van der Waals surface area contributed by atoms with Gasteiger partial charge < -0.3 is 19.1 Å². The molecule has 2 saturated carbocycles. The van der Waals surface area contributed by atoms with Crippen molar-refractivity contribution in [1.82, 2.24) is 14.6 Å². The number of amides is 2. The van der Waals surface area contributed by atoms with Crippen LogP contribution in [0.25, 0.3) is 10.8 Å². The van der Waals surface area contributed by atoms with Crippen LogP contribution in [0.4, 0.5) is 13.2 Å². The van der Waals surface area contributed by atoms with Gasteiger partial charge in [-0.25, -0.2) is 13.4 Å². The molecule has 2 aromatic rings. The van der Waals surface area contributed by atoms with E-state index in [-0.39, 0.29) is 37.6 Å². The van der Waals surface area contributed by atoms with Crippen LogP contribution >= 0.6 is 0 Å². The fraction of sp³-hybridized carbons (Fsp3) is 0.651. The smallest absolute Gasteiger partial charge is 0.427 e. The Morgan fingerprint density at radius 1 is 1.10 bits per heavy atom. The number of aromatic nitrogens is 1. The Hall–Kier alpha value is -4.21. The van der Waals surface area contributed by atoms with Gasteiger partial charge in [0.25, 0.3) is 0 Å². The number of hydrogen-bond acceptors (Lipinski definition) is 10. The molecular formula is C43H54F3N3O9S. The standard InChI is InChI=1S/C43H54F3N3O9S/c1-6-26-19-25(2)9-7-8-10-28-22-42(28,39(53)48-59(54,55)41(5)15-16-41)23-34(50)33-20-29(57-37-31-12-11-27-14-18-56-36(27)30(31)13-17-47-37)24-49(33)38(52)32(26)21-35(51)58-40(3,4)43(44,45)46/h8,10-13,17,25-26,28-29,32-33H,6-7,9,14-16,18-24H2,1-5H3,(H,48,53)/b10-8-/t25-,26-,28-,29-,32+,33+,42-/m1/s1. The number of rotatable bonds is 9. The molecule has 59 heavy (non-hydrogen) atoms. The van der Waals surface area contributed by atoms with Crippen molar-refractivity contribution in [2.75, 3.05) is 13.2 Å². The van der Waals surface area contributed by atoms with Gasteiger partial charge in [-0.15, -0.1) is 0 Å². The van der Waals surface area contributed by atoms with Gasteiger partial charge in [0, 0.05) is 36.2 Å². The highest BCUT2D eigenvalue weighted by atomic mass is 32.2. The van der Waals surface area contributed by atoms with Crippen LogP contribution in [0.5, 0.6) is 11.6 Å². The Labute approximate surface area is 343 Å². The highest BCUT2D eigenvalue weighted by Crippen LogP contribution is 2.58. The van der Waals surface area contributed by atoms with E-state index in [9.17, 15) is 36.0 Å². The van der Waals surface area contributed by atoms with Crippen molar-refractivity contribution >= 4 is 44.4 Å². The van der Waals surface area contributed by atoms with E-state index in [0.717, 1.165) is 37.0 Å². The lowest BCUT2D eigenvalue weighted by Gasteiger charge is -2.34. The van der Waals surface area contributed by atoms with E-state index in [1.54, 1.807) is 13.1 Å². The molecule has 7 rings (SSSR count). The largest absolute Gasteiger partial charge is 0.492 e. The van der Waals surface area contributed by atoms with Gasteiger partial charge in [-0.1, -0.05) is 38.5 Å². The molecule has 1 N–H and O–H groups in total. The number of nitrogens with zero attached hydrogens (tertiary/aromatic N) is 2. The number of benzene rings is 1. The van der Waals surface area contributed by atoms with E-state index < -0.39 is 91.8 Å². The third-order valence-corrected chi connectivity index (χ3v) is 15.6. The van der Waals surface area contributed by atoms with Crippen molar-refractivity contribution in [1.29, 1.82) is 0 Å². The molecular weight excluding hydrogens is 792 g/mol. The predicted molar refractivity (Wildman–Crippen MR) is 211 cm³/mol. The van der Waals surface area contributed by atoms with Gasteiger partial charge >= 0.3 is 12.1 Å². The van der Waals surface area contributed by atoms with E-state index in [1.807, 2.05) is 44.2 Å². The molecule has 0 bridgehead atoms. The molecule has 3 aliphatic heterocycles. The van der Waals surface area contributed by atoms with Gasteiger partial charge in [0.1, 0.15) is 11.9 Å². The molecule has 5 aliphatic rings. The highest BCUT2D eigenvalue weighted by Gasteiger charge is 2.63. The average molecular weight is 846 g/mol. The van der Waals surface area contributed by atoms with Gasteiger partial charge in [0.05, 0.1) is 41.7 Å². The summed E-state index contributed by atoms with van der Waals surface area (Å²) in [6.45, 7) is 7.36. The summed E-state index contributed by atoms with van der Waals surface area (Å²) in [5.74, 6) is -4.04. The van der Waals surface area contributed by atoms with Crippen LogP contribution in [-0.4, -0.2) is 83.7 Å². The molecule has 322 valence electrons. The van der Waals surface area contributed by atoms with E-state index >= 15 is 4.79 Å². The van der Waals surface area contributed by atoms with Gasteiger partial charge in [-0.2, -0.15) is 13.2 Å². The molecule has 0 unspecified atom stereocenters. The minimum Gasteiger partial charge on any atom is -0.492 e. The number of esters is 1. The van der Waals surface area contributed by atoms with Crippen LogP contribution < -0.4 is 14.2 Å². The first-order valence-electron chi connectivity index (χ1n) is 20.7. The van der Waals surface area contributed by atoms with Crippen LogP contribution in [0.1, 0.15) is 104 Å². The fourth-order valence-electron chi connectivity index (χ4n) is 9.03. The topological polar surface area (TPSA) is 158 Å². The number of hydrogen-bond donors (Lipinski definition) is 1. The average Bonchev–Trinajstić information content (AvgIpc) is 3.94. The Balaban J connectivity index is 1.24. The number of alkyl halides is 3. The van der Waals surface area contributed by atoms with Gasteiger partial charge in [-0.05, 0) is 94.7 Å². The molecule has 1 saturated heterocycles. The first-order valence-corrected chi connectivity index (χ1v) is 22.2. The Bertz CT molecular complexity index is 2150. The molecule has 12 nitrogen and oxygen atoms in total.